The molecular weight excluding hydrogens is 348 g/mol. The first-order chi connectivity index (χ1) is 12.0. The number of aryl methyl sites for hydroxylation is 2. The molecule has 2 aromatic rings. The standard InChI is InChI=1S/C16H21ClN4O4/c1-3-15-20-14(21-25-15)8-19-16(23)18-7-11(22)9-24-12-4-5-13(17)10(2)6-12/h4-6,11,22H,3,7-9H2,1-2H3,(H2,18,19,23). The monoisotopic (exact) mass is 368 g/mol. The number of benzene rings is 1. The van der Waals surface area contributed by atoms with Gasteiger partial charge in [-0.05, 0) is 30.7 Å². The molecule has 0 aliphatic rings. The van der Waals surface area contributed by atoms with E-state index >= 15 is 0 Å². The highest BCUT2D eigenvalue weighted by Gasteiger charge is 2.10. The third-order valence-corrected chi connectivity index (χ3v) is 3.71. The van der Waals surface area contributed by atoms with Crippen LogP contribution in [0.5, 0.6) is 5.75 Å². The van der Waals surface area contributed by atoms with E-state index in [0.717, 1.165) is 5.56 Å². The number of rotatable bonds is 8. The van der Waals surface area contributed by atoms with Crippen molar-refractivity contribution in [3.05, 3.63) is 40.5 Å². The number of urea groups is 1. The molecule has 2 rings (SSSR count). The Bertz CT molecular complexity index is 707. The summed E-state index contributed by atoms with van der Waals surface area (Å²) in [7, 11) is 0. The number of ether oxygens (including phenoxy) is 1. The van der Waals surface area contributed by atoms with Crippen LogP contribution in [0.15, 0.2) is 22.7 Å². The van der Waals surface area contributed by atoms with Gasteiger partial charge in [0, 0.05) is 18.0 Å². The zero-order valence-electron chi connectivity index (χ0n) is 14.1. The van der Waals surface area contributed by atoms with Crippen molar-refractivity contribution in [3.63, 3.8) is 0 Å². The van der Waals surface area contributed by atoms with Crippen LogP contribution in [0, 0.1) is 6.92 Å². The van der Waals surface area contributed by atoms with Crippen molar-refractivity contribution in [2.24, 2.45) is 0 Å². The van der Waals surface area contributed by atoms with E-state index in [1.807, 2.05) is 13.8 Å². The molecule has 3 N–H and O–H groups in total. The fraction of sp³-hybridized carbons (Fsp3) is 0.438. The second-order valence-electron chi connectivity index (χ2n) is 5.40. The fourth-order valence-corrected chi connectivity index (χ4v) is 2.01. The molecule has 25 heavy (non-hydrogen) atoms. The molecule has 1 aromatic heterocycles. The molecule has 0 radical (unpaired) electrons. The summed E-state index contributed by atoms with van der Waals surface area (Å²) in [6, 6.07) is 4.79. The van der Waals surface area contributed by atoms with Crippen LogP contribution in [0.1, 0.15) is 24.2 Å². The molecule has 9 heteroatoms. The third kappa shape index (κ3) is 6.24. The van der Waals surface area contributed by atoms with Crippen LogP contribution < -0.4 is 15.4 Å². The molecular formula is C16H21ClN4O4. The lowest BCUT2D eigenvalue weighted by Crippen LogP contribution is -2.41. The Balaban J connectivity index is 1.65. The minimum absolute atomic E-state index is 0.0465. The van der Waals surface area contributed by atoms with Gasteiger partial charge in [0.25, 0.3) is 0 Å². The number of nitrogens with one attached hydrogen (secondary N) is 2. The number of nitrogens with zero attached hydrogens (tertiary/aromatic N) is 2. The molecule has 0 bridgehead atoms. The minimum atomic E-state index is -0.849. The number of carbonyl (C=O) groups is 1. The lowest BCUT2D eigenvalue weighted by molar-refractivity contribution is 0.108. The zero-order chi connectivity index (χ0) is 18.2. The smallest absolute Gasteiger partial charge is 0.315 e. The van der Waals surface area contributed by atoms with Gasteiger partial charge in [0.05, 0.1) is 6.54 Å². The van der Waals surface area contributed by atoms with E-state index in [9.17, 15) is 9.90 Å². The molecule has 0 saturated carbocycles. The second-order valence-corrected chi connectivity index (χ2v) is 5.80. The van der Waals surface area contributed by atoms with Gasteiger partial charge in [-0.1, -0.05) is 23.7 Å². The van der Waals surface area contributed by atoms with E-state index in [1.54, 1.807) is 18.2 Å². The van der Waals surface area contributed by atoms with Crippen molar-refractivity contribution in [2.75, 3.05) is 13.2 Å². The van der Waals surface area contributed by atoms with Gasteiger partial charge in [0.2, 0.25) is 5.89 Å². The van der Waals surface area contributed by atoms with E-state index in [-0.39, 0.29) is 19.7 Å². The summed E-state index contributed by atoms with van der Waals surface area (Å²) < 4.78 is 10.4. The number of aliphatic hydroxyl groups excluding tert-OH is 1. The highest BCUT2D eigenvalue weighted by Crippen LogP contribution is 2.21. The summed E-state index contributed by atoms with van der Waals surface area (Å²) in [4.78, 5) is 15.8. The van der Waals surface area contributed by atoms with Crippen LogP contribution in [0.3, 0.4) is 0 Å². The summed E-state index contributed by atoms with van der Waals surface area (Å²) in [5, 5.41) is 19.4. The molecule has 1 aromatic carbocycles. The summed E-state index contributed by atoms with van der Waals surface area (Å²) in [6.45, 7) is 4.00. The maximum Gasteiger partial charge on any atom is 0.315 e. The molecule has 2 amide bonds. The number of hydrogen-bond acceptors (Lipinski definition) is 6. The zero-order valence-corrected chi connectivity index (χ0v) is 14.8. The van der Waals surface area contributed by atoms with Crippen molar-refractivity contribution >= 4 is 17.6 Å². The van der Waals surface area contributed by atoms with Crippen molar-refractivity contribution in [1.29, 1.82) is 0 Å². The van der Waals surface area contributed by atoms with Crippen molar-refractivity contribution in [1.82, 2.24) is 20.8 Å². The molecule has 1 heterocycles. The molecule has 1 atom stereocenters. The van der Waals surface area contributed by atoms with Crippen LogP contribution in [0.25, 0.3) is 0 Å². The highest BCUT2D eigenvalue weighted by atomic mass is 35.5. The van der Waals surface area contributed by atoms with Crippen LogP contribution in [0.4, 0.5) is 4.79 Å². The maximum atomic E-state index is 11.7. The average Bonchev–Trinajstić information content (AvgIpc) is 3.07. The van der Waals surface area contributed by atoms with Gasteiger partial charge in [-0.25, -0.2) is 4.79 Å². The fourth-order valence-electron chi connectivity index (χ4n) is 1.90. The predicted molar refractivity (Wildman–Crippen MR) is 91.6 cm³/mol. The van der Waals surface area contributed by atoms with E-state index in [1.165, 1.54) is 0 Å². The molecule has 0 fully saturated rings. The number of aliphatic hydroxyl groups is 1. The summed E-state index contributed by atoms with van der Waals surface area (Å²) in [5.41, 5.74) is 0.888. The largest absolute Gasteiger partial charge is 0.491 e. The van der Waals surface area contributed by atoms with E-state index in [0.29, 0.717) is 28.9 Å². The quantitative estimate of drug-likeness (QED) is 0.655. The van der Waals surface area contributed by atoms with E-state index < -0.39 is 12.1 Å². The second kappa shape index (κ2) is 9.24. The SMILES string of the molecule is CCc1nc(CNC(=O)NCC(O)COc2ccc(Cl)c(C)c2)no1. The lowest BCUT2D eigenvalue weighted by atomic mass is 10.2. The molecule has 1 unspecified atom stereocenters. The van der Waals surface area contributed by atoms with E-state index in [4.69, 9.17) is 20.9 Å². The first-order valence-corrected chi connectivity index (χ1v) is 8.26. The van der Waals surface area contributed by atoms with Gasteiger partial charge in [-0.2, -0.15) is 4.98 Å². The Kier molecular flexibility index (Phi) is 7.03. The van der Waals surface area contributed by atoms with Crippen molar-refractivity contribution < 1.29 is 19.2 Å². The van der Waals surface area contributed by atoms with Crippen molar-refractivity contribution in [2.45, 2.75) is 32.9 Å². The summed E-state index contributed by atoms with van der Waals surface area (Å²) in [6.07, 6.45) is -0.211. The first kappa shape index (κ1) is 19.0. The molecule has 0 aliphatic heterocycles. The Morgan fingerprint density at radius 2 is 2.24 bits per heavy atom. The molecule has 136 valence electrons. The molecule has 0 saturated heterocycles. The van der Waals surface area contributed by atoms with Crippen LogP contribution in [0.2, 0.25) is 5.02 Å². The number of halogens is 1. The molecule has 0 aliphatic carbocycles. The van der Waals surface area contributed by atoms with Gasteiger partial charge >= 0.3 is 6.03 Å². The minimum Gasteiger partial charge on any atom is -0.491 e. The lowest BCUT2D eigenvalue weighted by Gasteiger charge is -2.14. The average molecular weight is 369 g/mol. The number of carbonyl (C=O) groups excluding carboxylic acids is 1. The predicted octanol–water partition coefficient (Wildman–Crippen LogP) is 1.83. The Morgan fingerprint density at radius 1 is 1.44 bits per heavy atom. The molecule has 0 spiro atoms. The van der Waals surface area contributed by atoms with Gasteiger partial charge < -0.3 is 25.0 Å². The van der Waals surface area contributed by atoms with Gasteiger partial charge in [-0.15, -0.1) is 0 Å². The van der Waals surface area contributed by atoms with E-state index in [2.05, 4.69) is 20.8 Å². The Morgan fingerprint density at radius 3 is 2.92 bits per heavy atom. The summed E-state index contributed by atoms with van der Waals surface area (Å²) >= 11 is 5.94. The highest BCUT2D eigenvalue weighted by molar-refractivity contribution is 6.31. The normalized spacial score (nSPS) is 11.8. The maximum absolute atomic E-state index is 11.7. The number of amides is 2. The van der Waals surface area contributed by atoms with Gasteiger partial charge in [0.1, 0.15) is 18.5 Å². The van der Waals surface area contributed by atoms with Crippen LogP contribution >= 0.6 is 11.6 Å². The van der Waals surface area contributed by atoms with Gasteiger partial charge in [0.15, 0.2) is 5.82 Å². The molecule has 8 nitrogen and oxygen atoms in total. The number of hydrogen-bond donors (Lipinski definition) is 3. The van der Waals surface area contributed by atoms with Crippen LogP contribution in [-0.2, 0) is 13.0 Å². The summed E-state index contributed by atoms with van der Waals surface area (Å²) in [5.74, 6) is 1.52. The topological polar surface area (TPSA) is 110 Å². The van der Waals surface area contributed by atoms with Crippen LogP contribution in [-0.4, -0.2) is 40.5 Å². The van der Waals surface area contributed by atoms with Crippen molar-refractivity contribution in [3.8, 4) is 5.75 Å². The third-order valence-electron chi connectivity index (χ3n) is 3.29. The first-order valence-electron chi connectivity index (χ1n) is 7.88. The Labute approximate surface area is 150 Å². The Hall–Kier alpha value is -2.32. The van der Waals surface area contributed by atoms with Gasteiger partial charge in [-0.3, -0.25) is 0 Å². The number of aromatic nitrogens is 2.